The molecule has 0 bridgehead atoms. The van der Waals surface area contributed by atoms with Crippen LogP contribution in [0, 0.1) is 0 Å². The van der Waals surface area contributed by atoms with Crippen molar-refractivity contribution >= 4 is 23.3 Å². The lowest BCUT2D eigenvalue weighted by Crippen LogP contribution is -2.24. The fraction of sp³-hybridized carbons (Fsp3) is 0.176. The number of aliphatic hydroxyl groups excluding tert-OH is 1. The van der Waals surface area contributed by atoms with E-state index in [2.05, 4.69) is 20.4 Å². The van der Waals surface area contributed by atoms with Crippen LogP contribution < -0.4 is 5.32 Å². The first kappa shape index (κ1) is 17.0. The van der Waals surface area contributed by atoms with Gasteiger partial charge in [-0.25, -0.2) is 0 Å². The van der Waals surface area contributed by atoms with Crippen molar-refractivity contribution in [2.45, 2.75) is 19.6 Å². The van der Waals surface area contributed by atoms with Gasteiger partial charge in [0.05, 0.1) is 6.61 Å². The van der Waals surface area contributed by atoms with Gasteiger partial charge in [0, 0.05) is 17.2 Å². The highest BCUT2D eigenvalue weighted by molar-refractivity contribution is 7.11. The standard InChI is InChI=1S/C17H16N4O3S/c1-11(17-20-16(21-24-17)14-4-2-3-7-18-14)19-15(23)6-5-13-8-12(9-22)10-25-13/h2-8,10-11,22H,9H2,1H3,(H,19,23)/b6-5+. The molecule has 1 atom stereocenters. The van der Waals surface area contributed by atoms with E-state index in [1.54, 1.807) is 31.3 Å². The molecular weight excluding hydrogens is 340 g/mol. The summed E-state index contributed by atoms with van der Waals surface area (Å²) < 4.78 is 5.20. The highest BCUT2D eigenvalue weighted by Gasteiger charge is 2.16. The van der Waals surface area contributed by atoms with Crippen molar-refractivity contribution in [3.8, 4) is 11.5 Å². The van der Waals surface area contributed by atoms with Crippen LogP contribution in [-0.4, -0.2) is 26.1 Å². The Bertz CT molecular complexity index is 873. The SMILES string of the molecule is CC(NC(=O)/C=C/c1cc(CO)cs1)c1nc(-c2ccccn2)no1. The van der Waals surface area contributed by atoms with Crippen LogP contribution in [-0.2, 0) is 11.4 Å². The first-order valence-corrected chi connectivity index (χ1v) is 8.45. The van der Waals surface area contributed by atoms with Crippen LogP contribution in [0.1, 0.15) is 29.3 Å². The van der Waals surface area contributed by atoms with Gasteiger partial charge >= 0.3 is 0 Å². The molecule has 1 unspecified atom stereocenters. The summed E-state index contributed by atoms with van der Waals surface area (Å²) in [5.41, 5.74) is 1.43. The Morgan fingerprint density at radius 1 is 1.48 bits per heavy atom. The molecule has 8 heteroatoms. The van der Waals surface area contributed by atoms with Gasteiger partial charge in [0.25, 0.3) is 0 Å². The van der Waals surface area contributed by atoms with Gasteiger partial charge in [-0.2, -0.15) is 4.98 Å². The summed E-state index contributed by atoms with van der Waals surface area (Å²) in [5.74, 6) is 0.410. The smallest absolute Gasteiger partial charge is 0.249 e. The predicted molar refractivity (Wildman–Crippen MR) is 93.4 cm³/mol. The number of carbonyl (C=O) groups is 1. The maximum atomic E-state index is 12.0. The minimum atomic E-state index is -0.432. The van der Waals surface area contributed by atoms with Crippen molar-refractivity contribution in [3.05, 3.63) is 58.2 Å². The van der Waals surface area contributed by atoms with Crippen molar-refractivity contribution in [1.29, 1.82) is 0 Å². The van der Waals surface area contributed by atoms with E-state index in [1.807, 2.05) is 17.5 Å². The molecule has 0 saturated carbocycles. The molecule has 0 aliphatic rings. The first-order valence-electron chi connectivity index (χ1n) is 7.57. The van der Waals surface area contributed by atoms with Gasteiger partial charge in [-0.3, -0.25) is 9.78 Å². The summed E-state index contributed by atoms with van der Waals surface area (Å²) in [6, 6.07) is 6.81. The number of thiophene rings is 1. The maximum absolute atomic E-state index is 12.0. The van der Waals surface area contributed by atoms with E-state index in [4.69, 9.17) is 9.63 Å². The van der Waals surface area contributed by atoms with Gasteiger partial charge in [0.15, 0.2) is 0 Å². The Hall–Kier alpha value is -2.84. The minimum Gasteiger partial charge on any atom is -0.392 e. The van der Waals surface area contributed by atoms with Crippen LogP contribution in [0.2, 0.25) is 0 Å². The van der Waals surface area contributed by atoms with Crippen LogP contribution >= 0.6 is 11.3 Å². The molecule has 3 heterocycles. The topological polar surface area (TPSA) is 101 Å². The summed E-state index contributed by atoms with van der Waals surface area (Å²) >= 11 is 1.46. The monoisotopic (exact) mass is 356 g/mol. The zero-order valence-electron chi connectivity index (χ0n) is 13.4. The summed E-state index contributed by atoms with van der Waals surface area (Å²) in [7, 11) is 0. The minimum absolute atomic E-state index is 0.0106. The third-order valence-electron chi connectivity index (χ3n) is 3.32. The number of carbonyl (C=O) groups excluding carboxylic acids is 1. The molecule has 7 nitrogen and oxygen atoms in total. The molecule has 0 fully saturated rings. The molecule has 0 saturated heterocycles. The second-order valence-corrected chi connectivity index (χ2v) is 6.19. The third-order valence-corrected chi connectivity index (χ3v) is 4.27. The van der Waals surface area contributed by atoms with Crippen LogP contribution in [0.15, 0.2) is 46.4 Å². The van der Waals surface area contributed by atoms with Gasteiger partial charge in [0.2, 0.25) is 17.6 Å². The molecule has 0 spiro atoms. The van der Waals surface area contributed by atoms with Crippen molar-refractivity contribution < 1.29 is 14.4 Å². The lowest BCUT2D eigenvalue weighted by atomic mass is 10.3. The molecule has 2 N–H and O–H groups in total. The molecule has 1 amide bonds. The fourth-order valence-electron chi connectivity index (χ4n) is 2.06. The van der Waals surface area contributed by atoms with E-state index in [0.29, 0.717) is 17.4 Å². The second kappa shape index (κ2) is 7.82. The Balaban J connectivity index is 1.61. The van der Waals surface area contributed by atoms with Crippen LogP contribution in [0.4, 0.5) is 0 Å². The average molecular weight is 356 g/mol. The number of nitrogens with zero attached hydrogens (tertiary/aromatic N) is 3. The molecule has 3 aromatic rings. The molecule has 128 valence electrons. The number of rotatable bonds is 6. The Morgan fingerprint density at radius 2 is 2.36 bits per heavy atom. The molecule has 3 rings (SSSR count). The normalized spacial score (nSPS) is 12.4. The quantitative estimate of drug-likeness (QED) is 0.658. The molecule has 3 aromatic heterocycles. The van der Waals surface area contributed by atoms with Crippen LogP contribution in [0.3, 0.4) is 0 Å². The summed E-state index contributed by atoms with van der Waals surface area (Å²) in [4.78, 5) is 21.3. The van der Waals surface area contributed by atoms with E-state index >= 15 is 0 Å². The zero-order chi connectivity index (χ0) is 17.6. The second-order valence-electron chi connectivity index (χ2n) is 5.25. The van der Waals surface area contributed by atoms with Gasteiger partial charge in [-0.05, 0) is 42.1 Å². The van der Waals surface area contributed by atoms with E-state index in [9.17, 15) is 4.79 Å². The Kier molecular flexibility index (Phi) is 5.32. The van der Waals surface area contributed by atoms with Gasteiger partial charge in [0.1, 0.15) is 11.7 Å². The first-order chi connectivity index (χ1) is 12.2. The molecule has 0 aliphatic carbocycles. The van der Waals surface area contributed by atoms with E-state index in [1.165, 1.54) is 17.4 Å². The molecule has 0 aromatic carbocycles. The van der Waals surface area contributed by atoms with Gasteiger partial charge in [-0.15, -0.1) is 11.3 Å². The number of nitrogens with one attached hydrogen (secondary N) is 1. The predicted octanol–water partition coefficient (Wildman–Crippen LogP) is 2.58. The average Bonchev–Trinajstić information content (AvgIpc) is 3.30. The van der Waals surface area contributed by atoms with Crippen molar-refractivity contribution in [1.82, 2.24) is 20.4 Å². The highest BCUT2D eigenvalue weighted by atomic mass is 32.1. The van der Waals surface area contributed by atoms with E-state index in [0.717, 1.165) is 10.4 Å². The number of hydrogen-bond donors (Lipinski definition) is 2. The van der Waals surface area contributed by atoms with E-state index < -0.39 is 6.04 Å². The molecule has 0 aliphatic heterocycles. The molecular formula is C17H16N4O3S. The van der Waals surface area contributed by atoms with Gasteiger partial charge < -0.3 is 14.9 Å². The lowest BCUT2D eigenvalue weighted by molar-refractivity contribution is -0.117. The number of amides is 1. The third kappa shape index (κ3) is 4.37. The molecule has 0 radical (unpaired) electrons. The summed E-state index contributed by atoms with van der Waals surface area (Å²) in [6.07, 6.45) is 4.77. The van der Waals surface area contributed by atoms with Crippen LogP contribution in [0.5, 0.6) is 0 Å². The molecule has 25 heavy (non-hydrogen) atoms. The number of aromatic nitrogens is 3. The fourth-order valence-corrected chi connectivity index (χ4v) is 2.85. The number of pyridine rings is 1. The van der Waals surface area contributed by atoms with Crippen molar-refractivity contribution in [3.63, 3.8) is 0 Å². The van der Waals surface area contributed by atoms with Crippen molar-refractivity contribution in [2.24, 2.45) is 0 Å². The summed E-state index contributed by atoms with van der Waals surface area (Å²) in [5, 5.41) is 17.5. The largest absolute Gasteiger partial charge is 0.392 e. The Morgan fingerprint density at radius 3 is 3.08 bits per heavy atom. The number of aliphatic hydroxyl groups is 1. The Labute approximate surface area is 148 Å². The lowest BCUT2D eigenvalue weighted by Gasteiger charge is -2.06. The summed E-state index contributed by atoms with van der Waals surface area (Å²) in [6.45, 7) is 1.75. The van der Waals surface area contributed by atoms with Crippen molar-refractivity contribution in [2.75, 3.05) is 0 Å². The maximum Gasteiger partial charge on any atom is 0.249 e. The van der Waals surface area contributed by atoms with Gasteiger partial charge in [-0.1, -0.05) is 11.2 Å². The van der Waals surface area contributed by atoms with Crippen LogP contribution in [0.25, 0.3) is 17.6 Å². The van der Waals surface area contributed by atoms with E-state index in [-0.39, 0.29) is 12.5 Å². The highest BCUT2D eigenvalue weighted by Crippen LogP contribution is 2.17. The zero-order valence-corrected chi connectivity index (χ0v) is 14.2. The number of hydrogen-bond acceptors (Lipinski definition) is 7.